The fourth-order valence-corrected chi connectivity index (χ4v) is 6.45. The Labute approximate surface area is 256 Å². The molecule has 0 amide bonds. The van der Waals surface area contributed by atoms with Crippen molar-refractivity contribution < 1.29 is 19.0 Å². The Morgan fingerprint density at radius 2 is 2.02 bits per heavy atom. The smallest absolute Gasteiger partial charge is 0.333 e. The van der Waals surface area contributed by atoms with E-state index in [2.05, 4.69) is 51.7 Å². The molecule has 230 valence electrons. The molecule has 8 nitrogen and oxygen atoms in total. The maximum Gasteiger partial charge on any atom is 0.333 e. The molecule has 2 saturated heterocycles. The Morgan fingerprint density at radius 1 is 1.21 bits per heavy atom. The predicted octanol–water partition coefficient (Wildman–Crippen LogP) is 5.25. The number of aromatic nitrogens is 1. The van der Waals surface area contributed by atoms with Gasteiger partial charge in [-0.3, -0.25) is 14.9 Å². The van der Waals surface area contributed by atoms with Gasteiger partial charge in [0.15, 0.2) is 0 Å². The summed E-state index contributed by atoms with van der Waals surface area (Å²) in [5.74, 6) is -0.188. The highest BCUT2D eigenvalue weighted by molar-refractivity contribution is 5.88. The molecule has 0 radical (unpaired) electrons. The summed E-state index contributed by atoms with van der Waals surface area (Å²) in [5, 5.41) is 0. The van der Waals surface area contributed by atoms with Crippen molar-refractivity contribution in [3.8, 4) is 0 Å². The van der Waals surface area contributed by atoms with Crippen LogP contribution in [0.15, 0.2) is 76.6 Å². The van der Waals surface area contributed by atoms with Crippen molar-refractivity contribution in [2.24, 2.45) is 4.99 Å². The maximum atomic E-state index is 12.3. The molecule has 0 spiro atoms. The highest BCUT2D eigenvalue weighted by Crippen LogP contribution is 2.38. The molecule has 0 unspecified atom stereocenters. The number of carbonyl (C=O) groups excluding carboxylic acids is 1. The lowest BCUT2D eigenvalue weighted by Gasteiger charge is -2.46. The predicted molar refractivity (Wildman–Crippen MR) is 171 cm³/mol. The van der Waals surface area contributed by atoms with Crippen LogP contribution in [0.3, 0.4) is 0 Å². The zero-order valence-electron chi connectivity index (χ0n) is 26.0. The lowest BCUT2D eigenvalue weighted by molar-refractivity contribution is -0.138. The number of aliphatic imine (C=N–C) groups is 1. The van der Waals surface area contributed by atoms with Gasteiger partial charge in [-0.05, 0) is 74.8 Å². The summed E-state index contributed by atoms with van der Waals surface area (Å²) in [4.78, 5) is 26.4. The third-order valence-electron chi connectivity index (χ3n) is 9.17. The van der Waals surface area contributed by atoms with Gasteiger partial charge in [-0.15, -0.1) is 0 Å². The minimum Gasteiger partial charge on any atom is -0.463 e. The van der Waals surface area contributed by atoms with Gasteiger partial charge in [0.2, 0.25) is 0 Å². The largest absolute Gasteiger partial charge is 0.463 e. The van der Waals surface area contributed by atoms with E-state index in [4.69, 9.17) is 19.2 Å². The first-order valence-corrected chi connectivity index (χ1v) is 15.7. The van der Waals surface area contributed by atoms with Crippen molar-refractivity contribution in [3.05, 3.63) is 82.9 Å². The number of pyridine rings is 1. The van der Waals surface area contributed by atoms with Crippen molar-refractivity contribution in [3.63, 3.8) is 0 Å². The fraction of sp³-hybridized carbons (Fsp3) is 0.514. The number of rotatable bonds is 9. The molecular weight excluding hydrogens is 540 g/mol. The number of methoxy groups -OCH3 is 1. The molecular formula is C35H46N4O4. The fourth-order valence-electron chi connectivity index (χ4n) is 6.45. The van der Waals surface area contributed by atoms with Crippen LogP contribution in [0, 0.1) is 0 Å². The van der Waals surface area contributed by atoms with Gasteiger partial charge in [0.25, 0.3) is 0 Å². The molecule has 0 N–H and O–H groups in total. The van der Waals surface area contributed by atoms with Crippen LogP contribution in [0.4, 0.5) is 0 Å². The van der Waals surface area contributed by atoms with E-state index in [0.717, 1.165) is 111 Å². The first kappa shape index (κ1) is 31.1. The Bertz CT molecular complexity index is 1310. The summed E-state index contributed by atoms with van der Waals surface area (Å²) in [5.41, 5.74) is 6.96. The molecule has 2 fully saturated rings. The van der Waals surface area contributed by atoms with Gasteiger partial charge in [0.1, 0.15) is 0 Å². The number of nitrogens with zero attached hydrogens (tertiary/aromatic N) is 4. The van der Waals surface area contributed by atoms with E-state index in [9.17, 15) is 4.79 Å². The third kappa shape index (κ3) is 7.08. The molecule has 5 rings (SSSR count). The van der Waals surface area contributed by atoms with Gasteiger partial charge in [-0.1, -0.05) is 24.8 Å². The number of piperidine rings is 1. The van der Waals surface area contributed by atoms with Crippen molar-refractivity contribution in [1.29, 1.82) is 0 Å². The standard InChI is InChI=1S/C35H46N4O4/c1-5-43-34(40)27-8-6-18-39(19-7-9-27)33(14-17-36-3)31-22-28(11-10-26(31)2)32-13-12-29(23-37-32)35(41-4)15-20-38(21-16-35)30-24-42-25-30/h8,11-14,17,22-23,30H,2,5-7,9-10,15-16,18-21,24-25H2,1,3-4H3/b27-8-,33-14+,36-17-. The molecule has 0 aromatic carbocycles. The first-order valence-electron chi connectivity index (χ1n) is 15.7. The summed E-state index contributed by atoms with van der Waals surface area (Å²) in [6, 6.07) is 4.88. The zero-order chi connectivity index (χ0) is 30.2. The van der Waals surface area contributed by atoms with Gasteiger partial charge in [-0.25, -0.2) is 4.79 Å². The van der Waals surface area contributed by atoms with Crippen molar-refractivity contribution in [2.45, 2.75) is 57.1 Å². The van der Waals surface area contributed by atoms with Crippen LogP contribution < -0.4 is 0 Å². The summed E-state index contributed by atoms with van der Waals surface area (Å²) in [7, 11) is 3.61. The quantitative estimate of drug-likeness (QED) is 0.289. The average molecular weight is 587 g/mol. The second-order valence-corrected chi connectivity index (χ2v) is 11.7. The number of carbonyl (C=O) groups is 1. The molecule has 0 saturated carbocycles. The number of ether oxygens (including phenoxy) is 3. The third-order valence-corrected chi connectivity index (χ3v) is 9.17. The number of esters is 1. The lowest BCUT2D eigenvalue weighted by atomic mass is 9.84. The Hall–Kier alpha value is -3.33. The SMILES string of the molecule is C=C1CC=C(c2ccc(C3(OC)CCN(C4COC4)CC3)cn2)C=C1/C(=C\C=N/C)N1CC/C=C(\C(=O)OCC)CCC1. The van der Waals surface area contributed by atoms with Gasteiger partial charge in [0.05, 0.1) is 37.2 Å². The van der Waals surface area contributed by atoms with Gasteiger partial charge in [0, 0.05) is 75.2 Å². The average Bonchev–Trinajstić information content (AvgIpc) is 2.98. The normalized spacial score (nSPS) is 23.5. The molecule has 4 aliphatic rings. The highest BCUT2D eigenvalue weighted by atomic mass is 16.5. The Kier molecular flexibility index (Phi) is 10.4. The maximum absolute atomic E-state index is 12.3. The summed E-state index contributed by atoms with van der Waals surface area (Å²) in [6.45, 7) is 12.0. The van der Waals surface area contributed by atoms with E-state index >= 15 is 0 Å². The second-order valence-electron chi connectivity index (χ2n) is 11.7. The summed E-state index contributed by atoms with van der Waals surface area (Å²) >= 11 is 0. The monoisotopic (exact) mass is 586 g/mol. The van der Waals surface area contributed by atoms with E-state index in [1.54, 1.807) is 7.05 Å². The van der Waals surface area contributed by atoms with E-state index in [0.29, 0.717) is 19.1 Å². The molecule has 0 bridgehead atoms. The Morgan fingerprint density at radius 3 is 2.67 bits per heavy atom. The molecule has 4 heterocycles. The van der Waals surface area contributed by atoms with Crippen LogP contribution in [0.1, 0.15) is 56.7 Å². The number of hydrogen-bond acceptors (Lipinski definition) is 8. The number of hydrogen-bond donors (Lipinski definition) is 0. The molecule has 0 atom stereocenters. The van der Waals surface area contributed by atoms with E-state index in [-0.39, 0.29) is 11.6 Å². The first-order chi connectivity index (χ1) is 21.0. The minimum absolute atomic E-state index is 0.188. The van der Waals surface area contributed by atoms with E-state index in [1.165, 1.54) is 0 Å². The summed E-state index contributed by atoms with van der Waals surface area (Å²) in [6.07, 6.45) is 17.4. The number of allylic oxidation sites excluding steroid dienone is 5. The van der Waals surface area contributed by atoms with Gasteiger partial charge >= 0.3 is 5.97 Å². The van der Waals surface area contributed by atoms with Crippen LogP contribution in [0.5, 0.6) is 0 Å². The van der Waals surface area contributed by atoms with Crippen LogP contribution in [-0.4, -0.2) is 93.2 Å². The van der Waals surface area contributed by atoms with Gasteiger partial charge < -0.3 is 19.1 Å². The molecule has 1 aromatic rings. The second kappa shape index (κ2) is 14.4. The Balaban J connectivity index is 1.33. The van der Waals surface area contributed by atoms with E-state index in [1.807, 2.05) is 32.5 Å². The van der Waals surface area contributed by atoms with Crippen molar-refractivity contribution in [1.82, 2.24) is 14.8 Å². The van der Waals surface area contributed by atoms with Crippen LogP contribution in [-0.2, 0) is 24.6 Å². The van der Waals surface area contributed by atoms with Gasteiger partial charge in [-0.2, -0.15) is 0 Å². The van der Waals surface area contributed by atoms with Crippen LogP contribution >= 0.6 is 0 Å². The van der Waals surface area contributed by atoms with Crippen molar-refractivity contribution >= 4 is 17.8 Å². The molecule has 1 aromatic heterocycles. The zero-order valence-corrected chi connectivity index (χ0v) is 26.0. The van der Waals surface area contributed by atoms with Crippen LogP contribution in [0.2, 0.25) is 0 Å². The highest BCUT2D eigenvalue weighted by Gasteiger charge is 2.39. The topological polar surface area (TPSA) is 76.5 Å². The molecule has 1 aliphatic carbocycles. The molecule has 8 heteroatoms. The van der Waals surface area contributed by atoms with E-state index < -0.39 is 0 Å². The lowest BCUT2D eigenvalue weighted by Crippen LogP contribution is -2.54. The number of likely N-dealkylation sites (tertiary alicyclic amines) is 1. The molecule has 3 aliphatic heterocycles. The molecule has 43 heavy (non-hydrogen) atoms. The summed E-state index contributed by atoms with van der Waals surface area (Å²) < 4.78 is 16.8. The minimum atomic E-state index is -0.300. The van der Waals surface area contributed by atoms with Crippen molar-refractivity contribution in [2.75, 3.05) is 60.2 Å². The van der Waals surface area contributed by atoms with Crippen LogP contribution in [0.25, 0.3) is 5.57 Å².